The number of hydrogen-bond acceptors (Lipinski definition) is 4. The molecule has 5 heteroatoms. The van der Waals surface area contributed by atoms with Crippen molar-refractivity contribution in [2.75, 3.05) is 12.4 Å². The van der Waals surface area contributed by atoms with Gasteiger partial charge < -0.3 is 4.74 Å². The molecule has 0 spiro atoms. The number of benzene rings is 2. The third-order valence-corrected chi connectivity index (χ3v) is 5.49. The van der Waals surface area contributed by atoms with Crippen LogP contribution in [0.5, 0.6) is 0 Å². The van der Waals surface area contributed by atoms with Crippen LogP contribution in [0.3, 0.4) is 0 Å². The Bertz CT molecular complexity index is 929. The van der Waals surface area contributed by atoms with Crippen molar-refractivity contribution in [3.63, 3.8) is 0 Å². The first-order valence-corrected chi connectivity index (χ1v) is 8.85. The summed E-state index contributed by atoms with van der Waals surface area (Å²) in [7, 11) is 1.79. The maximum atomic E-state index is 12.7. The van der Waals surface area contributed by atoms with Gasteiger partial charge in [0.25, 0.3) is 5.56 Å². The molecule has 4 rings (SSSR count). The second-order valence-corrected chi connectivity index (χ2v) is 6.91. The molecule has 0 radical (unpaired) electrons. The largest absolute Gasteiger partial charge is 0.377 e. The van der Waals surface area contributed by atoms with Gasteiger partial charge in [-0.05, 0) is 35.7 Å². The van der Waals surface area contributed by atoms with Crippen molar-refractivity contribution in [3.8, 4) is 0 Å². The summed E-state index contributed by atoms with van der Waals surface area (Å²) in [5, 5.41) is 3.61. The number of fused-ring (bicyclic) bond motifs is 2. The van der Waals surface area contributed by atoms with Crippen LogP contribution in [-0.4, -0.2) is 28.0 Å². The maximum absolute atomic E-state index is 12.7. The van der Waals surface area contributed by atoms with Gasteiger partial charge in [0.15, 0.2) is 5.16 Å². The highest BCUT2D eigenvalue weighted by Gasteiger charge is 2.17. The number of aromatic nitrogens is 2. The van der Waals surface area contributed by atoms with Crippen LogP contribution < -0.4 is 5.56 Å². The van der Waals surface area contributed by atoms with E-state index in [1.807, 2.05) is 36.4 Å². The molecule has 1 fully saturated rings. The highest BCUT2D eigenvalue weighted by atomic mass is 32.2. The number of ether oxygens (including phenoxy) is 1. The Morgan fingerprint density at radius 2 is 2.09 bits per heavy atom. The smallest absolute Gasteiger partial charge is 0.261 e. The van der Waals surface area contributed by atoms with Gasteiger partial charge in [-0.25, -0.2) is 4.98 Å². The minimum Gasteiger partial charge on any atom is -0.377 e. The van der Waals surface area contributed by atoms with E-state index < -0.39 is 0 Å². The van der Waals surface area contributed by atoms with Crippen LogP contribution in [0.2, 0.25) is 0 Å². The quantitative estimate of drug-likeness (QED) is 0.420. The van der Waals surface area contributed by atoms with Crippen molar-refractivity contribution in [2.45, 2.75) is 24.1 Å². The zero-order valence-electron chi connectivity index (χ0n) is 13.0. The molecule has 3 aromatic rings. The first kappa shape index (κ1) is 14.7. The zero-order valence-corrected chi connectivity index (χ0v) is 13.8. The molecular formula is C18H18N2O2S. The molecule has 118 valence electrons. The van der Waals surface area contributed by atoms with Crippen LogP contribution in [-0.2, 0) is 11.8 Å². The minimum atomic E-state index is 0.00981. The molecule has 1 aliphatic rings. The standard InChI is InChI=1S/C18H18N2O2S/c1-20-17(21)15-9-12-5-2-3-6-13(12)10-16(15)19-18(20)23-11-14-7-4-8-22-14/h2-3,5-6,9-10,14H,4,7-8,11H2,1H3/t14-/m0/s1. The molecule has 1 atom stereocenters. The van der Waals surface area contributed by atoms with E-state index in [1.54, 1.807) is 23.4 Å². The summed E-state index contributed by atoms with van der Waals surface area (Å²) in [5.41, 5.74) is 0.775. The molecular weight excluding hydrogens is 308 g/mol. The summed E-state index contributed by atoms with van der Waals surface area (Å²) < 4.78 is 7.30. The predicted molar refractivity (Wildman–Crippen MR) is 94.2 cm³/mol. The summed E-state index contributed by atoms with van der Waals surface area (Å²) in [6, 6.07) is 12.0. The van der Waals surface area contributed by atoms with Crippen LogP contribution in [0.15, 0.2) is 46.3 Å². The summed E-state index contributed by atoms with van der Waals surface area (Å²) >= 11 is 1.61. The lowest BCUT2D eigenvalue weighted by atomic mass is 10.1. The first-order chi connectivity index (χ1) is 11.2. The first-order valence-electron chi connectivity index (χ1n) is 7.86. The summed E-state index contributed by atoms with van der Waals surface area (Å²) in [6.07, 6.45) is 2.50. The number of rotatable bonds is 3. The average Bonchev–Trinajstić information content (AvgIpc) is 3.09. The Labute approximate surface area is 138 Å². The van der Waals surface area contributed by atoms with Crippen LogP contribution in [0.4, 0.5) is 0 Å². The molecule has 2 aromatic carbocycles. The lowest BCUT2D eigenvalue weighted by Crippen LogP contribution is -2.21. The molecule has 1 saturated heterocycles. The van der Waals surface area contributed by atoms with Gasteiger partial charge in [0.05, 0.1) is 17.0 Å². The van der Waals surface area contributed by atoms with Gasteiger partial charge in [0, 0.05) is 19.4 Å². The van der Waals surface area contributed by atoms with Crippen molar-refractivity contribution in [1.82, 2.24) is 9.55 Å². The lowest BCUT2D eigenvalue weighted by molar-refractivity contribution is 0.129. The van der Waals surface area contributed by atoms with E-state index in [-0.39, 0.29) is 11.7 Å². The topological polar surface area (TPSA) is 44.1 Å². The molecule has 1 aliphatic heterocycles. The monoisotopic (exact) mass is 326 g/mol. The van der Waals surface area contributed by atoms with Crippen molar-refractivity contribution in [3.05, 3.63) is 46.8 Å². The molecule has 23 heavy (non-hydrogen) atoms. The van der Waals surface area contributed by atoms with Crippen molar-refractivity contribution < 1.29 is 4.74 Å². The van der Waals surface area contributed by atoms with Crippen LogP contribution in [0.1, 0.15) is 12.8 Å². The second kappa shape index (κ2) is 5.98. The van der Waals surface area contributed by atoms with Crippen LogP contribution in [0, 0.1) is 0 Å². The zero-order chi connectivity index (χ0) is 15.8. The van der Waals surface area contributed by atoms with Gasteiger partial charge in [0.1, 0.15) is 0 Å². The maximum Gasteiger partial charge on any atom is 0.261 e. The average molecular weight is 326 g/mol. The van der Waals surface area contributed by atoms with Crippen molar-refractivity contribution in [2.24, 2.45) is 7.05 Å². The van der Waals surface area contributed by atoms with E-state index in [0.717, 1.165) is 46.6 Å². The van der Waals surface area contributed by atoms with Gasteiger partial charge in [-0.1, -0.05) is 36.0 Å². The molecule has 0 N–H and O–H groups in total. The van der Waals surface area contributed by atoms with E-state index in [4.69, 9.17) is 9.72 Å². The second-order valence-electron chi connectivity index (χ2n) is 5.92. The molecule has 0 bridgehead atoms. The van der Waals surface area contributed by atoms with Gasteiger partial charge in [0.2, 0.25) is 0 Å². The van der Waals surface area contributed by atoms with E-state index in [9.17, 15) is 4.79 Å². The molecule has 0 saturated carbocycles. The van der Waals surface area contributed by atoms with E-state index in [1.165, 1.54) is 0 Å². The summed E-state index contributed by atoms with van der Waals surface area (Å²) in [4.78, 5) is 17.4. The predicted octanol–water partition coefficient (Wildman–Crippen LogP) is 3.36. The molecule has 1 aromatic heterocycles. The van der Waals surface area contributed by atoms with Crippen molar-refractivity contribution in [1.29, 1.82) is 0 Å². The fraction of sp³-hybridized carbons (Fsp3) is 0.333. The Kier molecular flexibility index (Phi) is 3.83. The van der Waals surface area contributed by atoms with E-state index in [0.29, 0.717) is 5.39 Å². The van der Waals surface area contributed by atoms with Gasteiger partial charge in [-0.15, -0.1) is 0 Å². The van der Waals surface area contributed by atoms with E-state index >= 15 is 0 Å². The molecule has 0 unspecified atom stereocenters. The normalized spacial score (nSPS) is 18.0. The minimum absolute atomic E-state index is 0.00981. The molecule has 2 heterocycles. The third-order valence-electron chi connectivity index (χ3n) is 4.32. The highest BCUT2D eigenvalue weighted by molar-refractivity contribution is 7.99. The van der Waals surface area contributed by atoms with E-state index in [2.05, 4.69) is 0 Å². The molecule has 0 aliphatic carbocycles. The number of thioether (sulfide) groups is 1. The third kappa shape index (κ3) is 2.75. The highest BCUT2D eigenvalue weighted by Crippen LogP contribution is 2.24. The Morgan fingerprint density at radius 3 is 2.83 bits per heavy atom. The van der Waals surface area contributed by atoms with Gasteiger partial charge in [-0.2, -0.15) is 0 Å². The van der Waals surface area contributed by atoms with Gasteiger partial charge in [-0.3, -0.25) is 9.36 Å². The van der Waals surface area contributed by atoms with Crippen LogP contribution >= 0.6 is 11.8 Å². The molecule has 4 nitrogen and oxygen atoms in total. The number of nitrogens with zero attached hydrogens (tertiary/aromatic N) is 2. The Morgan fingerprint density at radius 1 is 1.30 bits per heavy atom. The SMILES string of the molecule is Cn1c(SC[C@@H]2CCCO2)nc2cc3ccccc3cc2c1=O. The lowest BCUT2D eigenvalue weighted by Gasteiger charge is -2.12. The number of hydrogen-bond donors (Lipinski definition) is 0. The van der Waals surface area contributed by atoms with Crippen molar-refractivity contribution >= 4 is 33.4 Å². The Hall–Kier alpha value is -1.85. The summed E-state index contributed by atoms with van der Waals surface area (Å²) in [6.45, 7) is 0.849. The Balaban J connectivity index is 1.77. The molecule has 0 amide bonds. The fourth-order valence-electron chi connectivity index (χ4n) is 3.01. The van der Waals surface area contributed by atoms with Crippen LogP contribution in [0.25, 0.3) is 21.7 Å². The van der Waals surface area contributed by atoms with Gasteiger partial charge >= 0.3 is 0 Å². The summed E-state index contributed by atoms with van der Waals surface area (Å²) in [5.74, 6) is 0.847. The fourth-order valence-corrected chi connectivity index (χ4v) is 4.05.